The topological polar surface area (TPSA) is 39.9 Å². The van der Waals surface area contributed by atoms with E-state index in [0.29, 0.717) is 0 Å². The van der Waals surface area contributed by atoms with Gasteiger partial charge in [0.15, 0.2) is 6.23 Å². The van der Waals surface area contributed by atoms with Crippen LogP contribution in [0.3, 0.4) is 0 Å². The van der Waals surface area contributed by atoms with Crippen molar-refractivity contribution in [3.63, 3.8) is 0 Å². The first kappa shape index (κ1) is 15.8. The van der Waals surface area contributed by atoms with E-state index in [2.05, 4.69) is 50.5 Å². The molecule has 0 N–H and O–H groups in total. The highest BCUT2D eigenvalue weighted by molar-refractivity contribution is 14.1. The molecule has 0 amide bonds. The fraction of sp³-hybridized carbons (Fsp3) is 0.263. The van der Waals surface area contributed by atoms with Crippen LogP contribution in [0.25, 0.3) is 23.1 Å². The summed E-state index contributed by atoms with van der Waals surface area (Å²) in [5, 5.41) is 5.99. The standard InChI is InChI=1S/C19H18IN3O/c20-14-7-9-16-17(10-8-15-5-1-3-11-21-15)22-23(18(16)13-14)19-6-2-4-12-24-19/h1,3,5,7-11,13,19H,2,4,6,12H2/b10-8+/t19-/m1/s1. The summed E-state index contributed by atoms with van der Waals surface area (Å²) in [5.41, 5.74) is 3.02. The van der Waals surface area contributed by atoms with E-state index in [1.54, 1.807) is 6.20 Å². The molecule has 1 atom stereocenters. The van der Waals surface area contributed by atoms with E-state index in [0.717, 1.165) is 41.7 Å². The molecule has 2 aromatic heterocycles. The maximum atomic E-state index is 5.95. The number of rotatable bonds is 3. The number of aromatic nitrogens is 3. The second-order valence-corrected chi connectivity index (χ2v) is 7.15. The molecule has 0 spiro atoms. The molecule has 5 heteroatoms. The predicted molar refractivity (Wildman–Crippen MR) is 104 cm³/mol. The molecule has 0 aliphatic carbocycles. The van der Waals surface area contributed by atoms with Crippen LogP contribution in [0, 0.1) is 3.57 Å². The molecule has 1 aromatic carbocycles. The van der Waals surface area contributed by atoms with Crippen molar-refractivity contribution in [2.45, 2.75) is 25.5 Å². The van der Waals surface area contributed by atoms with Crippen molar-refractivity contribution in [1.29, 1.82) is 0 Å². The first-order valence-electron chi connectivity index (χ1n) is 8.20. The Balaban J connectivity index is 1.76. The van der Waals surface area contributed by atoms with Gasteiger partial charge in [-0.15, -0.1) is 0 Å². The summed E-state index contributed by atoms with van der Waals surface area (Å²) in [7, 11) is 0. The molecule has 1 saturated heterocycles. The molecule has 0 unspecified atom stereocenters. The second kappa shape index (κ2) is 7.03. The lowest BCUT2D eigenvalue weighted by molar-refractivity contribution is -0.0367. The van der Waals surface area contributed by atoms with Crippen LogP contribution >= 0.6 is 22.6 Å². The van der Waals surface area contributed by atoms with E-state index in [4.69, 9.17) is 9.84 Å². The lowest BCUT2D eigenvalue weighted by Gasteiger charge is -2.23. The molecule has 24 heavy (non-hydrogen) atoms. The summed E-state index contributed by atoms with van der Waals surface area (Å²) < 4.78 is 9.21. The van der Waals surface area contributed by atoms with Crippen LogP contribution in [0.4, 0.5) is 0 Å². The Labute approximate surface area is 154 Å². The van der Waals surface area contributed by atoms with E-state index in [1.165, 1.54) is 9.99 Å². The van der Waals surface area contributed by atoms with Gasteiger partial charge in [0.1, 0.15) is 0 Å². The van der Waals surface area contributed by atoms with Gasteiger partial charge in [0.25, 0.3) is 0 Å². The van der Waals surface area contributed by atoms with Crippen molar-refractivity contribution in [3.8, 4) is 0 Å². The lowest BCUT2D eigenvalue weighted by atomic mass is 10.1. The Kier molecular flexibility index (Phi) is 4.62. The highest BCUT2D eigenvalue weighted by Crippen LogP contribution is 2.29. The summed E-state index contributed by atoms with van der Waals surface area (Å²) in [6.45, 7) is 0.815. The van der Waals surface area contributed by atoms with Crippen molar-refractivity contribution in [2.75, 3.05) is 6.61 Å². The van der Waals surface area contributed by atoms with Gasteiger partial charge in [-0.1, -0.05) is 6.07 Å². The van der Waals surface area contributed by atoms with Crippen molar-refractivity contribution in [3.05, 3.63) is 57.6 Å². The van der Waals surface area contributed by atoms with E-state index in [-0.39, 0.29) is 6.23 Å². The number of benzene rings is 1. The normalized spacial score (nSPS) is 18.5. The van der Waals surface area contributed by atoms with Gasteiger partial charge in [0.05, 0.1) is 16.9 Å². The molecule has 4 rings (SSSR count). The van der Waals surface area contributed by atoms with Crippen LogP contribution in [-0.4, -0.2) is 21.4 Å². The molecular weight excluding hydrogens is 413 g/mol. The third-order valence-corrected chi connectivity index (χ3v) is 4.90. The highest BCUT2D eigenvalue weighted by atomic mass is 127. The van der Waals surface area contributed by atoms with Gasteiger partial charge in [-0.05, 0) is 84.3 Å². The predicted octanol–water partition coefficient (Wildman–Crippen LogP) is 4.91. The number of nitrogens with zero attached hydrogens (tertiary/aromatic N) is 3. The van der Waals surface area contributed by atoms with Crippen molar-refractivity contribution in [2.24, 2.45) is 0 Å². The van der Waals surface area contributed by atoms with Gasteiger partial charge >= 0.3 is 0 Å². The second-order valence-electron chi connectivity index (χ2n) is 5.90. The zero-order valence-corrected chi connectivity index (χ0v) is 15.4. The Morgan fingerprint density at radius 3 is 2.92 bits per heavy atom. The van der Waals surface area contributed by atoms with Gasteiger partial charge in [-0.25, -0.2) is 4.68 Å². The van der Waals surface area contributed by atoms with E-state index >= 15 is 0 Å². The zero-order chi connectivity index (χ0) is 16.4. The Morgan fingerprint density at radius 2 is 2.12 bits per heavy atom. The van der Waals surface area contributed by atoms with Crippen molar-refractivity contribution >= 4 is 45.6 Å². The molecule has 4 nitrogen and oxygen atoms in total. The van der Waals surface area contributed by atoms with Gasteiger partial charge in [-0.3, -0.25) is 4.98 Å². The Morgan fingerprint density at radius 1 is 1.17 bits per heavy atom. The largest absolute Gasteiger partial charge is 0.356 e. The minimum atomic E-state index is 0.0384. The fourth-order valence-electron chi connectivity index (χ4n) is 3.03. The minimum Gasteiger partial charge on any atom is -0.356 e. The summed E-state index contributed by atoms with van der Waals surface area (Å²) in [6, 6.07) is 12.3. The molecular formula is C19H18IN3O. The van der Waals surface area contributed by atoms with Crippen LogP contribution < -0.4 is 0 Å². The molecule has 0 radical (unpaired) electrons. The van der Waals surface area contributed by atoms with Crippen LogP contribution in [0.5, 0.6) is 0 Å². The van der Waals surface area contributed by atoms with Gasteiger partial charge < -0.3 is 4.74 Å². The third-order valence-electron chi connectivity index (χ3n) is 4.23. The zero-order valence-electron chi connectivity index (χ0n) is 13.2. The SMILES string of the molecule is Ic1ccc2c(/C=C/c3ccccn3)nn([C@H]3CCCCO3)c2c1. The summed E-state index contributed by atoms with van der Waals surface area (Å²) in [5.74, 6) is 0. The Bertz CT molecular complexity index is 867. The number of fused-ring (bicyclic) bond motifs is 1. The first-order chi connectivity index (χ1) is 11.8. The molecule has 1 aliphatic rings. The van der Waals surface area contributed by atoms with E-state index in [9.17, 15) is 0 Å². The van der Waals surface area contributed by atoms with Crippen LogP contribution in [0.2, 0.25) is 0 Å². The van der Waals surface area contributed by atoms with Gasteiger partial charge in [-0.2, -0.15) is 5.10 Å². The van der Waals surface area contributed by atoms with Gasteiger partial charge in [0.2, 0.25) is 0 Å². The van der Waals surface area contributed by atoms with E-state index in [1.807, 2.05) is 30.4 Å². The number of pyridine rings is 1. The monoisotopic (exact) mass is 431 g/mol. The number of halogens is 1. The van der Waals surface area contributed by atoms with Crippen LogP contribution in [0.1, 0.15) is 36.9 Å². The molecule has 122 valence electrons. The number of ether oxygens (including phenoxy) is 1. The molecule has 1 aliphatic heterocycles. The van der Waals surface area contributed by atoms with Gasteiger partial charge in [0, 0.05) is 21.8 Å². The average molecular weight is 431 g/mol. The van der Waals surface area contributed by atoms with E-state index < -0.39 is 0 Å². The Hall–Kier alpha value is -1.73. The molecule has 1 fully saturated rings. The average Bonchev–Trinajstić information content (AvgIpc) is 2.99. The minimum absolute atomic E-state index is 0.0384. The van der Waals surface area contributed by atoms with Crippen LogP contribution in [-0.2, 0) is 4.74 Å². The third kappa shape index (κ3) is 3.23. The maximum Gasteiger partial charge on any atom is 0.150 e. The lowest BCUT2D eigenvalue weighted by Crippen LogP contribution is -2.19. The quantitative estimate of drug-likeness (QED) is 0.554. The van der Waals surface area contributed by atoms with Crippen molar-refractivity contribution in [1.82, 2.24) is 14.8 Å². The number of hydrogen-bond acceptors (Lipinski definition) is 3. The highest BCUT2D eigenvalue weighted by Gasteiger charge is 2.20. The maximum absolute atomic E-state index is 5.95. The molecule has 0 bridgehead atoms. The summed E-state index contributed by atoms with van der Waals surface area (Å²) >= 11 is 2.35. The summed E-state index contributed by atoms with van der Waals surface area (Å²) in [4.78, 5) is 4.34. The fourth-order valence-corrected chi connectivity index (χ4v) is 3.51. The molecule has 3 heterocycles. The van der Waals surface area contributed by atoms with Crippen LogP contribution in [0.15, 0.2) is 42.6 Å². The number of hydrogen-bond donors (Lipinski definition) is 0. The molecule has 3 aromatic rings. The summed E-state index contributed by atoms with van der Waals surface area (Å²) in [6.07, 6.45) is 9.23. The molecule has 0 saturated carbocycles. The smallest absolute Gasteiger partial charge is 0.150 e. The van der Waals surface area contributed by atoms with Crippen molar-refractivity contribution < 1.29 is 4.74 Å². The first-order valence-corrected chi connectivity index (χ1v) is 9.27.